The molecule has 2 aromatic heterocycles. The maximum Gasteiger partial charge on any atom is 0.237 e. The molecule has 0 saturated carbocycles. The van der Waals surface area contributed by atoms with Crippen molar-refractivity contribution in [1.29, 1.82) is 0 Å². The summed E-state index contributed by atoms with van der Waals surface area (Å²) in [5, 5.41) is 5.19. The van der Waals surface area contributed by atoms with Gasteiger partial charge in [0.1, 0.15) is 0 Å². The number of benzene rings is 1. The summed E-state index contributed by atoms with van der Waals surface area (Å²) in [4.78, 5) is 8.33. The fourth-order valence-electron chi connectivity index (χ4n) is 1.50. The summed E-state index contributed by atoms with van der Waals surface area (Å²) in [6, 6.07) is 7.30. The molecule has 2 N–H and O–H groups in total. The van der Waals surface area contributed by atoms with Gasteiger partial charge in [-0.15, -0.1) is 11.8 Å². The number of hydrogen-bond acceptors (Lipinski definition) is 7. The van der Waals surface area contributed by atoms with Gasteiger partial charge < -0.3 is 10.3 Å². The first-order valence-corrected chi connectivity index (χ1v) is 7.81. The van der Waals surface area contributed by atoms with Gasteiger partial charge in [0.25, 0.3) is 0 Å². The van der Waals surface area contributed by atoms with Crippen LogP contribution in [0.2, 0.25) is 5.02 Å². The fraction of sp³-hybridized carbons (Fsp3) is 0.0833. The molecule has 0 fully saturated rings. The molecule has 0 unspecified atom stereocenters. The van der Waals surface area contributed by atoms with Crippen LogP contribution in [0, 0.1) is 0 Å². The molecular weight excluding hydrogens is 316 g/mol. The lowest BCUT2D eigenvalue weighted by molar-refractivity contribution is 0.391. The Morgan fingerprint density at radius 3 is 2.80 bits per heavy atom. The van der Waals surface area contributed by atoms with Crippen LogP contribution in [-0.4, -0.2) is 15.1 Å². The molecule has 3 aromatic rings. The lowest BCUT2D eigenvalue weighted by atomic mass is 10.2. The van der Waals surface area contributed by atoms with E-state index in [2.05, 4.69) is 15.1 Å². The van der Waals surface area contributed by atoms with Crippen LogP contribution < -0.4 is 5.73 Å². The third-order valence-electron chi connectivity index (χ3n) is 2.41. The van der Waals surface area contributed by atoms with Crippen molar-refractivity contribution in [2.45, 2.75) is 9.96 Å². The van der Waals surface area contributed by atoms with Gasteiger partial charge in [0.2, 0.25) is 11.7 Å². The van der Waals surface area contributed by atoms with Gasteiger partial charge in [0, 0.05) is 10.6 Å². The van der Waals surface area contributed by atoms with Crippen LogP contribution in [0.15, 0.2) is 39.2 Å². The van der Waals surface area contributed by atoms with Crippen LogP contribution in [0.3, 0.4) is 0 Å². The Kier molecular flexibility index (Phi) is 3.90. The van der Waals surface area contributed by atoms with Crippen LogP contribution in [-0.2, 0) is 5.75 Å². The van der Waals surface area contributed by atoms with Gasteiger partial charge in [-0.05, 0) is 24.3 Å². The molecule has 0 aliphatic heterocycles. The number of anilines is 1. The average molecular weight is 325 g/mol. The minimum Gasteiger partial charge on any atom is -0.375 e. The van der Waals surface area contributed by atoms with Crippen molar-refractivity contribution in [1.82, 2.24) is 15.1 Å². The zero-order valence-electron chi connectivity index (χ0n) is 10.1. The van der Waals surface area contributed by atoms with Crippen molar-refractivity contribution in [3.63, 3.8) is 0 Å². The number of halogens is 1. The second kappa shape index (κ2) is 5.82. The van der Waals surface area contributed by atoms with Crippen molar-refractivity contribution in [3.8, 4) is 11.4 Å². The molecule has 0 bridgehead atoms. The Labute approximate surface area is 128 Å². The number of rotatable bonds is 4. The van der Waals surface area contributed by atoms with E-state index >= 15 is 0 Å². The van der Waals surface area contributed by atoms with Crippen molar-refractivity contribution >= 4 is 39.8 Å². The molecule has 5 nitrogen and oxygen atoms in total. The first kappa shape index (κ1) is 13.4. The Hall–Kier alpha value is -1.57. The van der Waals surface area contributed by atoms with E-state index < -0.39 is 0 Å². The molecule has 0 aliphatic carbocycles. The van der Waals surface area contributed by atoms with Crippen molar-refractivity contribution in [2.75, 3.05) is 5.73 Å². The normalized spacial score (nSPS) is 10.8. The Balaban J connectivity index is 1.69. The van der Waals surface area contributed by atoms with Crippen LogP contribution in [0.25, 0.3) is 11.4 Å². The summed E-state index contributed by atoms with van der Waals surface area (Å²) in [5.74, 6) is 1.70. The van der Waals surface area contributed by atoms with E-state index in [0.29, 0.717) is 27.6 Å². The number of nitrogens with two attached hydrogens (primary N) is 1. The molecule has 0 radical (unpaired) electrons. The largest absolute Gasteiger partial charge is 0.375 e. The SMILES string of the molecule is Nc1ncc(SCc2nc(-c3ccc(Cl)cc3)no2)s1. The first-order valence-electron chi connectivity index (χ1n) is 5.63. The van der Waals surface area contributed by atoms with E-state index in [9.17, 15) is 0 Å². The maximum atomic E-state index is 5.84. The second-order valence-electron chi connectivity index (χ2n) is 3.82. The van der Waals surface area contributed by atoms with E-state index in [0.717, 1.165) is 9.77 Å². The van der Waals surface area contributed by atoms with Gasteiger partial charge in [0.05, 0.1) is 16.2 Å². The second-order valence-corrected chi connectivity index (χ2v) is 6.60. The highest BCUT2D eigenvalue weighted by molar-refractivity contribution is 8.00. The first-order chi connectivity index (χ1) is 9.70. The number of hydrogen-bond donors (Lipinski definition) is 1. The monoisotopic (exact) mass is 324 g/mol. The molecule has 20 heavy (non-hydrogen) atoms. The van der Waals surface area contributed by atoms with Crippen LogP contribution in [0.4, 0.5) is 5.13 Å². The Bertz CT molecular complexity index is 710. The number of nitrogen functional groups attached to an aromatic ring is 1. The van der Waals surface area contributed by atoms with Crippen molar-refractivity contribution in [2.24, 2.45) is 0 Å². The molecule has 3 rings (SSSR count). The van der Waals surface area contributed by atoms with Crippen LogP contribution in [0.1, 0.15) is 5.89 Å². The maximum absolute atomic E-state index is 5.84. The van der Waals surface area contributed by atoms with Gasteiger partial charge >= 0.3 is 0 Å². The molecule has 0 saturated heterocycles. The standard InChI is InChI=1S/C12H9ClN4OS2/c13-8-3-1-7(2-4-8)11-16-9(18-17-11)6-19-10-5-15-12(14)20-10/h1-5H,6H2,(H2,14,15). The van der Waals surface area contributed by atoms with E-state index in [-0.39, 0.29) is 0 Å². The van der Waals surface area contributed by atoms with E-state index in [1.54, 1.807) is 30.1 Å². The minimum atomic E-state index is 0.555. The number of thioether (sulfide) groups is 1. The van der Waals surface area contributed by atoms with Gasteiger partial charge in [-0.25, -0.2) is 4.98 Å². The third-order valence-corrected chi connectivity index (χ3v) is 4.67. The summed E-state index contributed by atoms with van der Waals surface area (Å²) in [6.45, 7) is 0. The number of nitrogens with zero attached hydrogens (tertiary/aromatic N) is 3. The summed E-state index contributed by atoms with van der Waals surface area (Å²) in [7, 11) is 0. The lowest BCUT2D eigenvalue weighted by Gasteiger charge is -1.93. The Morgan fingerprint density at radius 2 is 2.10 bits per heavy atom. The molecule has 1 aromatic carbocycles. The zero-order valence-corrected chi connectivity index (χ0v) is 12.5. The third kappa shape index (κ3) is 3.12. The molecule has 0 amide bonds. The van der Waals surface area contributed by atoms with Gasteiger partial charge in [-0.3, -0.25) is 0 Å². The molecule has 102 valence electrons. The number of aromatic nitrogens is 3. The van der Waals surface area contributed by atoms with E-state index in [4.69, 9.17) is 21.9 Å². The molecule has 8 heteroatoms. The quantitative estimate of drug-likeness (QED) is 0.737. The van der Waals surface area contributed by atoms with Crippen LogP contribution >= 0.6 is 34.7 Å². The fourth-order valence-corrected chi connectivity index (χ4v) is 3.22. The van der Waals surface area contributed by atoms with Gasteiger partial charge in [-0.1, -0.05) is 28.1 Å². The molecule has 0 spiro atoms. The van der Waals surface area contributed by atoms with Crippen molar-refractivity contribution in [3.05, 3.63) is 41.4 Å². The van der Waals surface area contributed by atoms with Gasteiger partial charge in [0.15, 0.2) is 5.13 Å². The van der Waals surface area contributed by atoms with Crippen LogP contribution in [0.5, 0.6) is 0 Å². The minimum absolute atomic E-state index is 0.555. The highest BCUT2D eigenvalue weighted by Crippen LogP contribution is 2.29. The highest BCUT2D eigenvalue weighted by atomic mass is 35.5. The summed E-state index contributed by atoms with van der Waals surface area (Å²) >= 11 is 8.84. The smallest absolute Gasteiger partial charge is 0.237 e. The number of thiazole rings is 1. The molecule has 2 heterocycles. The topological polar surface area (TPSA) is 77.8 Å². The Morgan fingerprint density at radius 1 is 1.30 bits per heavy atom. The summed E-state index contributed by atoms with van der Waals surface area (Å²) in [6.07, 6.45) is 1.74. The zero-order chi connectivity index (χ0) is 13.9. The van der Waals surface area contributed by atoms with Crippen molar-refractivity contribution < 1.29 is 4.52 Å². The predicted octanol–water partition coefficient (Wildman–Crippen LogP) is 3.72. The molecule has 0 atom stereocenters. The summed E-state index contributed by atoms with van der Waals surface area (Å²) in [5.41, 5.74) is 6.44. The average Bonchev–Trinajstić information content (AvgIpc) is 3.06. The molecular formula is C12H9ClN4OS2. The lowest BCUT2D eigenvalue weighted by Crippen LogP contribution is -1.82. The van der Waals surface area contributed by atoms with Gasteiger partial charge in [-0.2, -0.15) is 4.98 Å². The predicted molar refractivity (Wildman–Crippen MR) is 80.8 cm³/mol. The highest BCUT2D eigenvalue weighted by Gasteiger charge is 2.09. The molecule has 0 aliphatic rings. The summed E-state index contributed by atoms with van der Waals surface area (Å²) < 4.78 is 6.24. The van der Waals surface area contributed by atoms with E-state index in [1.165, 1.54) is 11.3 Å². The van der Waals surface area contributed by atoms with E-state index in [1.807, 2.05) is 12.1 Å².